The summed E-state index contributed by atoms with van der Waals surface area (Å²) in [5.74, 6) is -0.525. The predicted octanol–water partition coefficient (Wildman–Crippen LogP) is 9.26. The van der Waals surface area contributed by atoms with Gasteiger partial charge in [0.25, 0.3) is 0 Å². The molecule has 0 bridgehead atoms. The first-order valence-electron chi connectivity index (χ1n) is 17.8. The summed E-state index contributed by atoms with van der Waals surface area (Å²) in [4.78, 5) is 12.4. The zero-order valence-corrected chi connectivity index (χ0v) is 27.6. The summed E-state index contributed by atoms with van der Waals surface area (Å²) < 4.78 is 0. The zero-order chi connectivity index (χ0) is 30.9. The molecule has 0 aromatic heterocycles. The number of rotatable bonds is 31. The van der Waals surface area contributed by atoms with Gasteiger partial charge in [0.1, 0.15) is 6.10 Å². The summed E-state index contributed by atoms with van der Waals surface area (Å²) in [6, 6.07) is -0.815. The monoisotopic (exact) mass is 592 g/mol. The summed E-state index contributed by atoms with van der Waals surface area (Å²) in [6.45, 7) is 4.11. The maximum atomic E-state index is 12.4. The molecule has 5 nitrogen and oxygen atoms in total. The molecule has 0 aliphatic heterocycles. The highest BCUT2D eigenvalue weighted by atomic mass is 16.3. The zero-order valence-electron chi connectivity index (χ0n) is 27.6. The third-order valence-corrected chi connectivity index (χ3v) is 7.95. The Morgan fingerprint density at radius 2 is 0.976 bits per heavy atom. The number of carbonyl (C=O) groups is 1. The van der Waals surface area contributed by atoms with E-state index >= 15 is 0 Å². The lowest BCUT2D eigenvalue weighted by molar-refractivity contribution is -0.131. The SMILES string of the molecule is CCCCCCC/C=C/CC/C=C/C(O)C(CO)NC(=O)C(O)CCCCCC/C=C\CCCCCCCCCCC. The fourth-order valence-corrected chi connectivity index (χ4v) is 5.07. The molecule has 3 unspecified atom stereocenters. The molecule has 3 atom stereocenters. The van der Waals surface area contributed by atoms with E-state index in [-0.39, 0.29) is 6.61 Å². The van der Waals surface area contributed by atoms with E-state index in [2.05, 4.69) is 43.5 Å². The van der Waals surface area contributed by atoms with Crippen molar-refractivity contribution in [3.05, 3.63) is 36.5 Å². The van der Waals surface area contributed by atoms with Crippen LogP contribution < -0.4 is 5.32 Å². The van der Waals surface area contributed by atoms with Crippen LogP contribution in [0.5, 0.6) is 0 Å². The molecule has 0 saturated heterocycles. The normalized spacial score (nSPS) is 14.3. The fourth-order valence-electron chi connectivity index (χ4n) is 5.07. The number of hydrogen-bond acceptors (Lipinski definition) is 4. The second kappa shape index (κ2) is 32.5. The molecule has 0 aromatic rings. The minimum Gasteiger partial charge on any atom is -0.394 e. The smallest absolute Gasteiger partial charge is 0.249 e. The molecule has 0 rings (SSSR count). The second-order valence-corrected chi connectivity index (χ2v) is 12.1. The summed E-state index contributed by atoms with van der Waals surface area (Å²) in [5, 5.41) is 32.8. The molecule has 0 aliphatic carbocycles. The van der Waals surface area contributed by atoms with Crippen LogP contribution in [0.25, 0.3) is 0 Å². The summed E-state index contributed by atoms with van der Waals surface area (Å²) in [7, 11) is 0. The summed E-state index contributed by atoms with van der Waals surface area (Å²) in [5.41, 5.74) is 0. The number of aliphatic hydroxyl groups is 3. The van der Waals surface area contributed by atoms with Crippen molar-refractivity contribution >= 4 is 5.91 Å². The molecule has 0 radical (unpaired) electrons. The van der Waals surface area contributed by atoms with Crippen LogP contribution in [-0.4, -0.2) is 46.1 Å². The number of carbonyl (C=O) groups excluding carboxylic acids is 1. The van der Waals surface area contributed by atoms with Gasteiger partial charge in [0.15, 0.2) is 0 Å². The summed E-state index contributed by atoms with van der Waals surface area (Å²) >= 11 is 0. The van der Waals surface area contributed by atoms with Gasteiger partial charge < -0.3 is 20.6 Å². The molecule has 0 spiro atoms. The molecular formula is C37H69NO4. The van der Waals surface area contributed by atoms with E-state index in [1.165, 1.54) is 96.3 Å². The third kappa shape index (κ3) is 27.4. The highest BCUT2D eigenvalue weighted by molar-refractivity contribution is 5.80. The van der Waals surface area contributed by atoms with Crippen LogP contribution in [0.15, 0.2) is 36.5 Å². The Balaban J connectivity index is 3.81. The lowest BCUT2D eigenvalue weighted by Crippen LogP contribution is -2.48. The molecular weight excluding hydrogens is 522 g/mol. The number of hydrogen-bond donors (Lipinski definition) is 4. The molecule has 4 N–H and O–H groups in total. The third-order valence-electron chi connectivity index (χ3n) is 7.95. The van der Waals surface area contributed by atoms with E-state index in [9.17, 15) is 20.1 Å². The van der Waals surface area contributed by atoms with Crippen LogP contribution in [0.1, 0.15) is 168 Å². The van der Waals surface area contributed by atoms with Gasteiger partial charge in [-0.15, -0.1) is 0 Å². The van der Waals surface area contributed by atoms with Crippen LogP contribution in [0, 0.1) is 0 Å². The number of nitrogens with one attached hydrogen (secondary N) is 1. The van der Waals surface area contributed by atoms with Crippen molar-refractivity contribution in [3.8, 4) is 0 Å². The van der Waals surface area contributed by atoms with Gasteiger partial charge >= 0.3 is 0 Å². The molecule has 0 aromatic carbocycles. The van der Waals surface area contributed by atoms with Crippen LogP contribution in [0.2, 0.25) is 0 Å². The first-order chi connectivity index (χ1) is 20.6. The number of aliphatic hydroxyl groups excluding tert-OH is 3. The van der Waals surface area contributed by atoms with Crippen molar-refractivity contribution in [2.24, 2.45) is 0 Å². The molecule has 0 fully saturated rings. The maximum Gasteiger partial charge on any atom is 0.249 e. The van der Waals surface area contributed by atoms with Gasteiger partial charge in [-0.3, -0.25) is 4.79 Å². The van der Waals surface area contributed by atoms with Crippen LogP contribution in [0.3, 0.4) is 0 Å². The lowest BCUT2D eigenvalue weighted by Gasteiger charge is -2.21. The molecule has 246 valence electrons. The van der Waals surface area contributed by atoms with Gasteiger partial charge in [0.05, 0.1) is 18.8 Å². The van der Waals surface area contributed by atoms with Crippen molar-refractivity contribution in [1.29, 1.82) is 0 Å². The Bertz CT molecular complexity index is 660. The van der Waals surface area contributed by atoms with Crippen LogP contribution >= 0.6 is 0 Å². The van der Waals surface area contributed by atoms with E-state index in [1.54, 1.807) is 6.08 Å². The highest BCUT2D eigenvalue weighted by Crippen LogP contribution is 2.12. The van der Waals surface area contributed by atoms with Gasteiger partial charge in [-0.1, -0.05) is 147 Å². The Labute approximate surface area is 260 Å². The molecule has 42 heavy (non-hydrogen) atoms. The Morgan fingerprint density at radius 3 is 1.45 bits per heavy atom. The molecule has 0 heterocycles. The second-order valence-electron chi connectivity index (χ2n) is 12.1. The van der Waals surface area contributed by atoms with Gasteiger partial charge in [0.2, 0.25) is 5.91 Å². The first kappa shape index (κ1) is 40.6. The van der Waals surface area contributed by atoms with E-state index in [0.29, 0.717) is 6.42 Å². The number of unbranched alkanes of at least 4 members (excludes halogenated alkanes) is 19. The molecule has 5 heteroatoms. The predicted molar refractivity (Wildman–Crippen MR) is 181 cm³/mol. The largest absolute Gasteiger partial charge is 0.394 e. The van der Waals surface area contributed by atoms with E-state index in [4.69, 9.17) is 0 Å². The standard InChI is InChI=1S/C37H69NO4/c1-3-5-7-9-11-13-15-16-17-18-19-20-22-24-26-28-30-32-36(41)37(42)38-34(33-39)35(40)31-29-27-25-23-21-14-12-10-8-6-4-2/h19-21,23,29,31,34-36,39-41H,3-18,22,24-28,30,32-33H2,1-2H3,(H,38,42)/b20-19-,23-21+,31-29+. The molecule has 0 saturated carbocycles. The van der Waals surface area contributed by atoms with E-state index < -0.39 is 24.2 Å². The molecule has 1 amide bonds. The van der Waals surface area contributed by atoms with Gasteiger partial charge in [-0.05, 0) is 57.8 Å². The van der Waals surface area contributed by atoms with Crippen molar-refractivity contribution in [2.75, 3.05) is 6.61 Å². The van der Waals surface area contributed by atoms with E-state index in [0.717, 1.165) is 51.4 Å². The summed E-state index contributed by atoms with van der Waals surface area (Å²) in [6.07, 6.45) is 38.7. The maximum absolute atomic E-state index is 12.4. The Morgan fingerprint density at radius 1 is 0.571 bits per heavy atom. The van der Waals surface area contributed by atoms with Gasteiger partial charge in [-0.2, -0.15) is 0 Å². The minimum atomic E-state index is -1.11. The van der Waals surface area contributed by atoms with Crippen molar-refractivity contribution in [3.63, 3.8) is 0 Å². The quantitative estimate of drug-likeness (QED) is 0.0478. The Hall–Kier alpha value is -1.43. The lowest BCUT2D eigenvalue weighted by atomic mass is 10.1. The van der Waals surface area contributed by atoms with Crippen LogP contribution in [-0.2, 0) is 4.79 Å². The average Bonchev–Trinajstić information content (AvgIpc) is 2.99. The average molecular weight is 592 g/mol. The van der Waals surface area contributed by atoms with Gasteiger partial charge in [-0.25, -0.2) is 0 Å². The molecule has 0 aliphatic rings. The number of allylic oxidation sites excluding steroid dienone is 5. The van der Waals surface area contributed by atoms with Crippen LogP contribution in [0.4, 0.5) is 0 Å². The van der Waals surface area contributed by atoms with Crippen molar-refractivity contribution in [2.45, 2.75) is 186 Å². The fraction of sp³-hybridized carbons (Fsp3) is 0.811. The topological polar surface area (TPSA) is 89.8 Å². The van der Waals surface area contributed by atoms with Gasteiger partial charge in [0, 0.05) is 0 Å². The first-order valence-corrected chi connectivity index (χ1v) is 17.8. The Kier molecular flexibility index (Phi) is 31.4. The highest BCUT2D eigenvalue weighted by Gasteiger charge is 2.22. The number of amides is 1. The minimum absolute atomic E-state index is 0.380. The van der Waals surface area contributed by atoms with E-state index in [1.807, 2.05) is 6.08 Å². The van der Waals surface area contributed by atoms with Crippen molar-refractivity contribution < 1.29 is 20.1 Å². The van der Waals surface area contributed by atoms with Crippen molar-refractivity contribution in [1.82, 2.24) is 5.32 Å².